The quantitative estimate of drug-likeness (QED) is 0.474. The van der Waals surface area contributed by atoms with E-state index in [1.54, 1.807) is 11.2 Å². The van der Waals surface area contributed by atoms with Gasteiger partial charge in [-0.3, -0.25) is 4.79 Å². The van der Waals surface area contributed by atoms with Crippen molar-refractivity contribution in [1.82, 2.24) is 24.7 Å². The highest BCUT2D eigenvalue weighted by atomic mass is 16.6. The summed E-state index contributed by atoms with van der Waals surface area (Å²) in [6.45, 7) is 8.53. The Kier molecular flexibility index (Phi) is 8.47. The molecule has 0 radical (unpaired) electrons. The number of rotatable bonds is 6. The Hall–Kier alpha value is -3.69. The zero-order valence-corrected chi connectivity index (χ0v) is 24.3. The fraction of sp³-hybridized carbons (Fsp3) is 0.469. The molecular formula is C32H41N5O4. The van der Waals surface area contributed by atoms with Crippen LogP contribution in [0.4, 0.5) is 4.79 Å². The van der Waals surface area contributed by atoms with Gasteiger partial charge in [0.15, 0.2) is 5.69 Å². The molecule has 2 N–H and O–H groups in total. The third kappa shape index (κ3) is 6.97. The molecule has 2 saturated heterocycles. The average molecular weight is 560 g/mol. The summed E-state index contributed by atoms with van der Waals surface area (Å²) >= 11 is 0. The number of nitrogens with one attached hydrogen (secondary N) is 1. The first kappa shape index (κ1) is 28.8. The Labute approximate surface area is 242 Å². The van der Waals surface area contributed by atoms with Gasteiger partial charge in [0.1, 0.15) is 5.60 Å². The Morgan fingerprint density at radius 1 is 1.02 bits per heavy atom. The lowest BCUT2D eigenvalue weighted by Gasteiger charge is -2.41. The maximum atomic E-state index is 14.3. The largest absolute Gasteiger partial charge is 0.444 e. The smallest absolute Gasteiger partial charge is 0.410 e. The molecule has 41 heavy (non-hydrogen) atoms. The van der Waals surface area contributed by atoms with Crippen molar-refractivity contribution in [3.8, 4) is 11.3 Å². The van der Waals surface area contributed by atoms with Gasteiger partial charge >= 0.3 is 6.09 Å². The van der Waals surface area contributed by atoms with Crippen LogP contribution in [0.3, 0.4) is 0 Å². The van der Waals surface area contributed by atoms with E-state index in [2.05, 4.69) is 10.3 Å². The summed E-state index contributed by atoms with van der Waals surface area (Å²) in [6.07, 6.45) is 3.17. The Morgan fingerprint density at radius 3 is 2.34 bits per heavy atom. The second kappa shape index (κ2) is 12.0. The number of aliphatic hydroxyl groups is 1. The van der Waals surface area contributed by atoms with Gasteiger partial charge in [0.25, 0.3) is 5.91 Å². The fourth-order valence-electron chi connectivity index (χ4n) is 5.74. The molecule has 2 fully saturated rings. The molecule has 0 unspecified atom stereocenters. The summed E-state index contributed by atoms with van der Waals surface area (Å²) in [4.78, 5) is 35.5. The number of amides is 2. The number of aromatic nitrogens is 2. The van der Waals surface area contributed by atoms with E-state index in [0.717, 1.165) is 24.2 Å². The minimum Gasteiger partial charge on any atom is -0.444 e. The Balaban J connectivity index is 1.46. The molecule has 3 aromatic rings. The van der Waals surface area contributed by atoms with E-state index in [1.807, 2.05) is 90.9 Å². The minimum absolute atomic E-state index is 0.176. The monoisotopic (exact) mass is 559 g/mol. The van der Waals surface area contributed by atoms with E-state index in [9.17, 15) is 14.7 Å². The molecule has 2 aliphatic heterocycles. The van der Waals surface area contributed by atoms with Crippen LogP contribution in [0, 0.1) is 0 Å². The van der Waals surface area contributed by atoms with E-state index in [-0.39, 0.29) is 18.0 Å². The van der Waals surface area contributed by atoms with Crippen LogP contribution in [0.1, 0.15) is 49.7 Å². The average Bonchev–Trinajstić information content (AvgIpc) is 3.36. The fourth-order valence-corrected chi connectivity index (χ4v) is 5.74. The van der Waals surface area contributed by atoms with E-state index >= 15 is 0 Å². The molecule has 9 nitrogen and oxygen atoms in total. The Bertz CT molecular complexity index is 1330. The van der Waals surface area contributed by atoms with Crippen LogP contribution in [0.15, 0.2) is 67.0 Å². The third-order valence-corrected chi connectivity index (χ3v) is 7.80. The molecule has 3 heterocycles. The van der Waals surface area contributed by atoms with Crippen molar-refractivity contribution in [3.63, 3.8) is 0 Å². The van der Waals surface area contributed by atoms with Crippen LogP contribution in [-0.4, -0.2) is 86.4 Å². The van der Waals surface area contributed by atoms with E-state index in [4.69, 9.17) is 4.74 Å². The summed E-state index contributed by atoms with van der Waals surface area (Å²) in [5.41, 5.74) is 1.55. The van der Waals surface area contributed by atoms with E-state index in [0.29, 0.717) is 56.8 Å². The SMILES string of the molecule is CC(C)(C)OC(=O)N1CCN(C(=O)c2ncn(CC3(O)CCNCC3)c2-c2ccccc2)[C@H](Cc2ccccc2)C1. The van der Waals surface area contributed by atoms with Crippen molar-refractivity contribution in [3.05, 3.63) is 78.2 Å². The van der Waals surface area contributed by atoms with Crippen molar-refractivity contribution < 1.29 is 19.4 Å². The first-order valence-corrected chi connectivity index (χ1v) is 14.5. The summed E-state index contributed by atoms with van der Waals surface area (Å²) in [7, 11) is 0. The Morgan fingerprint density at radius 2 is 1.68 bits per heavy atom. The predicted molar refractivity (Wildman–Crippen MR) is 157 cm³/mol. The molecule has 0 spiro atoms. The van der Waals surface area contributed by atoms with Crippen LogP contribution in [0.25, 0.3) is 11.3 Å². The zero-order chi connectivity index (χ0) is 29.0. The molecule has 5 rings (SSSR count). The summed E-state index contributed by atoms with van der Waals surface area (Å²) in [5, 5.41) is 14.6. The lowest BCUT2D eigenvalue weighted by atomic mass is 9.92. The normalized spacial score (nSPS) is 19.2. The minimum atomic E-state index is -0.870. The lowest BCUT2D eigenvalue weighted by Crippen LogP contribution is -2.58. The molecule has 2 aromatic carbocycles. The first-order chi connectivity index (χ1) is 19.6. The lowest BCUT2D eigenvalue weighted by molar-refractivity contribution is -0.00505. The number of benzene rings is 2. The zero-order valence-electron chi connectivity index (χ0n) is 24.3. The van der Waals surface area contributed by atoms with Crippen LogP contribution in [-0.2, 0) is 17.7 Å². The van der Waals surface area contributed by atoms with Crippen LogP contribution >= 0.6 is 0 Å². The van der Waals surface area contributed by atoms with Crippen molar-refractivity contribution in [2.75, 3.05) is 32.7 Å². The van der Waals surface area contributed by atoms with Crippen molar-refractivity contribution in [1.29, 1.82) is 0 Å². The summed E-state index contributed by atoms with van der Waals surface area (Å²) in [6, 6.07) is 19.5. The highest BCUT2D eigenvalue weighted by Gasteiger charge is 2.37. The van der Waals surface area contributed by atoms with Crippen molar-refractivity contribution in [2.24, 2.45) is 0 Å². The second-order valence-corrected chi connectivity index (χ2v) is 12.2. The molecule has 1 aromatic heterocycles. The number of carbonyl (C=O) groups is 2. The predicted octanol–water partition coefficient (Wildman–Crippen LogP) is 3.97. The van der Waals surface area contributed by atoms with Gasteiger partial charge in [0.2, 0.25) is 0 Å². The van der Waals surface area contributed by atoms with Crippen LogP contribution < -0.4 is 5.32 Å². The molecule has 9 heteroatoms. The number of carbonyl (C=O) groups excluding carboxylic acids is 2. The van der Waals surface area contributed by atoms with E-state index < -0.39 is 11.2 Å². The van der Waals surface area contributed by atoms with Crippen LogP contribution in [0.2, 0.25) is 0 Å². The molecule has 0 bridgehead atoms. The maximum Gasteiger partial charge on any atom is 0.410 e. The van der Waals surface area contributed by atoms with Crippen molar-refractivity contribution in [2.45, 2.75) is 63.8 Å². The van der Waals surface area contributed by atoms with Gasteiger partial charge in [-0.2, -0.15) is 0 Å². The summed E-state index contributed by atoms with van der Waals surface area (Å²) < 4.78 is 7.59. The van der Waals surface area contributed by atoms with Gasteiger partial charge in [0, 0.05) is 25.2 Å². The summed E-state index contributed by atoms with van der Waals surface area (Å²) in [5.74, 6) is -0.176. The van der Waals surface area contributed by atoms with Gasteiger partial charge in [-0.25, -0.2) is 9.78 Å². The van der Waals surface area contributed by atoms with E-state index in [1.165, 1.54) is 0 Å². The van der Waals surface area contributed by atoms with Crippen LogP contribution in [0.5, 0.6) is 0 Å². The number of hydrogen-bond donors (Lipinski definition) is 2. The first-order valence-electron chi connectivity index (χ1n) is 14.5. The molecular weight excluding hydrogens is 518 g/mol. The number of ether oxygens (including phenoxy) is 1. The maximum absolute atomic E-state index is 14.3. The molecule has 2 aliphatic rings. The molecule has 218 valence electrons. The molecule has 0 aliphatic carbocycles. The number of hydrogen-bond acceptors (Lipinski definition) is 6. The standard InChI is InChI=1S/C32H41N5O4/c1-31(2,3)41-30(39)35-18-19-37(26(21-35)20-24-10-6-4-7-11-24)29(38)27-28(25-12-8-5-9-13-25)36(23-34-27)22-32(40)14-16-33-17-15-32/h4-13,23,26,33,40H,14-22H2,1-3H3/t26-/m1/s1. The van der Waals surface area contributed by atoms with Gasteiger partial charge in [0.05, 0.1) is 30.2 Å². The van der Waals surface area contributed by atoms with Gasteiger partial charge < -0.3 is 29.5 Å². The van der Waals surface area contributed by atoms with Crippen molar-refractivity contribution >= 4 is 12.0 Å². The molecule has 2 amide bonds. The highest BCUT2D eigenvalue weighted by Crippen LogP contribution is 2.30. The number of piperazine rings is 1. The second-order valence-electron chi connectivity index (χ2n) is 12.2. The van der Waals surface area contributed by atoms with Gasteiger partial charge in [-0.15, -0.1) is 0 Å². The number of nitrogens with zero attached hydrogens (tertiary/aromatic N) is 4. The number of imidazole rings is 1. The third-order valence-electron chi connectivity index (χ3n) is 7.80. The van der Waals surface area contributed by atoms with Gasteiger partial charge in [-0.05, 0) is 58.7 Å². The number of piperidine rings is 1. The highest BCUT2D eigenvalue weighted by molar-refractivity contribution is 5.98. The van der Waals surface area contributed by atoms with Gasteiger partial charge in [-0.1, -0.05) is 60.7 Å². The molecule has 0 saturated carbocycles. The topological polar surface area (TPSA) is 99.9 Å². The molecule has 1 atom stereocenters.